The van der Waals surface area contributed by atoms with Crippen molar-refractivity contribution in [2.75, 3.05) is 31.6 Å². The number of rotatable bonds is 4. The highest BCUT2D eigenvalue weighted by atomic mass is 16.5. The Morgan fingerprint density at radius 2 is 2.39 bits per heavy atom. The Kier molecular flexibility index (Phi) is 3.41. The molecule has 2 aliphatic rings. The van der Waals surface area contributed by atoms with Crippen LogP contribution in [-0.2, 0) is 6.42 Å². The minimum atomic E-state index is 0.604. The molecule has 0 aromatic heterocycles. The summed E-state index contributed by atoms with van der Waals surface area (Å²) in [5.74, 6) is 1.04. The Morgan fingerprint density at radius 1 is 1.44 bits per heavy atom. The number of nitrogens with zero attached hydrogens (tertiary/aromatic N) is 1. The first-order valence-corrected chi connectivity index (χ1v) is 7.11. The lowest BCUT2D eigenvalue weighted by Gasteiger charge is -2.23. The van der Waals surface area contributed by atoms with Crippen molar-refractivity contribution in [3.63, 3.8) is 0 Å². The zero-order valence-electron chi connectivity index (χ0n) is 11.1. The van der Waals surface area contributed by atoms with Gasteiger partial charge >= 0.3 is 0 Å². The van der Waals surface area contributed by atoms with Gasteiger partial charge in [0.05, 0.1) is 5.69 Å². The van der Waals surface area contributed by atoms with Crippen LogP contribution in [0.1, 0.15) is 25.3 Å². The molecule has 3 rings (SSSR count). The van der Waals surface area contributed by atoms with Crippen molar-refractivity contribution in [1.82, 2.24) is 4.90 Å². The van der Waals surface area contributed by atoms with Crippen LogP contribution in [0.4, 0.5) is 5.69 Å². The molecule has 0 bridgehead atoms. The second-order valence-electron chi connectivity index (χ2n) is 5.20. The van der Waals surface area contributed by atoms with Crippen molar-refractivity contribution in [2.24, 2.45) is 0 Å². The Bertz CT molecular complexity index is 419. The van der Waals surface area contributed by atoms with Crippen molar-refractivity contribution >= 4 is 5.69 Å². The molecule has 98 valence electrons. The van der Waals surface area contributed by atoms with E-state index in [0.29, 0.717) is 6.04 Å². The molecule has 0 radical (unpaired) electrons. The Labute approximate surface area is 109 Å². The minimum Gasteiger partial charge on any atom is -0.490 e. The molecule has 0 spiro atoms. The smallest absolute Gasteiger partial charge is 0.142 e. The first-order chi connectivity index (χ1) is 8.88. The second-order valence-corrected chi connectivity index (χ2v) is 5.20. The Balaban J connectivity index is 1.65. The summed E-state index contributed by atoms with van der Waals surface area (Å²) in [7, 11) is 0. The molecular formula is C15H22N2O. The molecular weight excluding hydrogens is 224 g/mol. The van der Waals surface area contributed by atoms with E-state index in [2.05, 4.69) is 35.3 Å². The summed E-state index contributed by atoms with van der Waals surface area (Å²) in [6, 6.07) is 6.98. The lowest BCUT2D eigenvalue weighted by atomic mass is 10.1. The average Bonchev–Trinajstić information content (AvgIpc) is 3.04. The zero-order chi connectivity index (χ0) is 12.4. The first-order valence-electron chi connectivity index (χ1n) is 7.11. The number of hydrogen-bond donors (Lipinski definition) is 1. The van der Waals surface area contributed by atoms with Crippen LogP contribution in [0.2, 0.25) is 0 Å². The summed E-state index contributed by atoms with van der Waals surface area (Å²) >= 11 is 0. The summed E-state index contributed by atoms with van der Waals surface area (Å²) in [6.07, 6.45) is 3.71. The van der Waals surface area contributed by atoms with Crippen LogP contribution in [0, 0.1) is 0 Å². The van der Waals surface area contributed by atoms with Gasteiger partial charge < -0.3 is 10.1 Å². The third-order valence-corrected chi connectivity index (χ3v) is 4.15. The molecule has 1 N–H and O–H groups in total. The fraction of sp³-hybridized carbons (Fsp3) is 0.600. The van der Waals surface area contributed by atoms with E-state index in [1.165, 1.54) is 30.6 Å². The minimum absolute atomic E-state index is 0.604. The van der Waals surface area contributed by atoms with Crippen molar-refractivity contribution in [2.45, 2.75) is 32.2 Å². The maximum absolute atomic E-state index is 6.06. The number of likely N-dealkylation sites (tertiary alicyclic amines) is 1. The highest BCUT2D eigenvalue weighted by Gasteiger charge is 2.24. The van der Waals surface area contributed by atoms with Crippen LogP contribution in [0.25, 0.3) is 0 Å². The van der Waals surface area contributed by atoms with E-state index in [1.54, 1.807) is 0 Å². The molecule has 3 heteroatoms. The molecule has 18 heavy (non-hydrogen) atoms. The highest BCUT2D eigenvalue weighted by Crippen LogP contribution is 2.33. The fourth-order valence-corrected chi connectivity index (χ4v) is 3.11. The number of fused-ring (bicyclic) bond motifs is 1. The molecule has 1 saturated heterocycles. The number of ether oxygens (including phenoxy) is 1. The van der Waals surface area contributed by atoms with Gasteiger partial charge in [0.25, 0.3) is 0 Å². The summed E-state index contributed by atoms with van der Waals surface area (Å²) < 4.78 is 6.06. The third kappa shape index (κ3) is 2.19. The van der Waals surface area contributed by atoms with Crippen LogP contribution < -0.4 is 10.1 Å². The van der Waals surface area contributed by atoms with Crippen molar-refractivity contribution in [3.8, 4) is 5.75 Å². The van der Waals surface area contributed by atoms with Gasteiger partial charge in [-0.2, -0.15) is 0 Å². The number of likely N-dealkylation sites (N-methyl/N-ethyl adjacent to an activating group) is 1. The fourth-order valence-electron chi connectivity index (χ4n) is 3.11. The maximum atomic E-state index is 6.06. The van der Waals surface area contributed by atoms with Crippen molar-refractivity contribution in [3.05, 3.63) is 23.8 Å². The number of benzene rings is 1. The van der Waals surface area contributed by atoms with Gasteiger partial charge in [-0.05, 0) is 44.0 Å². The van der Waals surface area contributed by atoms with E-state index in [0.717, 1.165) is 31.9 Å². The number of nitrogens with one attached hydrogen (secondary N) is 1. The molecule has 3 nitrogen and oxygen atoms in total. The van der Waals surface area contributed by atoms with Crippen LogP contribution in [0.5, 0.6) is 5.75 Å². The Hall–Kier alpha value is -1.22. The zero-order valence-corrected chi connectivity index (χ0v) is 11.1. The van der Waals surface area contributed by atoms with E-state index in [9.17, 15) is 0 Å². The summed E-state index contributed by atoms with van der Waals surface area (Å²) in [5, 5.41) is 3.43. The van der Waals surface area contributed by atoms with E-state index in [1.807, 2.05) is 0 Å². The van der Waals surface area contributed by atoms with Crippen molar-refractivity contribution < 1.29 is 4.74 Å². The number of hydrogen-bond acceptors (Lipinski definition) is 3. The lowest BCUT2D eigenvalue weighted by molar-refractivity contribution is 0.179. The molecule has 2 aliphatic heterocycles. The molecule has 1 aromatic rings. The molecule has 1 fully saturated rings. The second kappa shape index (κ2) is 5.19. The quantitative estimate of drug-likeness (QED) is 0.883. The van der Waals surface area contributed by atoms with Gasteiger partial charge in [0.15, 0.2) is 0 Å². The molecule has 0 saturated carbocycles. The molecule has 1 atom stereocenters. The van der Waals surface area contributed by atoms with E-state index in [4.69, 9.17) is 4.74 Å². The molecule has 0 amide bonds. The predicted molar refractivity (Wildman–Crippen MR) is 74.4 cm³/mol. The SMILES string of the molecule is CCN1CCCC1COc1cccc2c1NCC2. The van der Waals surface area contributed by atoms with Gasteiger partial charge in [0.2, 0.25) is 0 Å². The van der Waals surface area contributed by atoms with Gasteiger partial charge in [0.1, 0.15) is 12.4 Å². The van der Waals surface area contributed by atoms with Crippen LogP contribution in [0.15, 0.2) is 18.2 Å². The highest BCUT2D eigenvalue weighted by molar-refractivity contribution is 5.65. The normalized spacial score (nSPS) is 22.8. The predicted octanol–water partition coefficient (Wildman–Crippen LogP) is 2.52. The van der Waals surface area contributed by atoms with Crippen molar-refractivity contribution in [1.29, 1.82) is 0 Å². The largest absolute Gasteiger partial charge is 0.490 e. The maximum Gasteiger partial charge on any atom is 0.142 e. The van der Waals surface area contributed by atoms with Gasteiger partial charge in [-0.3, -0.25) is 4.90 Å². The van der Waals surface area contributed by atoms with Crippen LogP contribution >= 0.6 is 0 Å². The summed E-state index contributed by atoms with van der Waals surface area (Å²) in [5.41, 5.74) is 2.62. The van der Waals surface area contributed by atoms with Gasteiger partial charge in [-0.15, -0.1) is 0 Å². The van der Waals surface area contributed by atoms with Crippen LogP contribution in [0.3, 0.4) is 0 Å². The molecule has 1 aromatic carbocycles. The molecule has 0 aliphatic carbocycles. The van der Waals surface area contributed by atoms with Gasteiger partial charge in [-0.25, -0.2) is 0 Å². The lowest BCUT2D eigenvalue weighted by Crippen LogP contribution is -2.33. The van der Waals surface area contributed by atoms with Gasteiger partial charge in [0, 0.05) is 12.6 Å². The van der Waals surface area contributed by atoms with Crippen LogP contribution in [-0.4, -0.2) is 37.2 Å². The van der Waals surface area contributed by atoms with E-state index >= 15 is 0 Å². The Morgan fingerprint density at radius 3 is 3.28 bits per heavy atom. The summed E-state index contributed by atoms with van der Waals surface area (Å²) in [6.45, 7) is 6.47. The first kappa shape index (κ1) is 11.8. The van der Waals surface area contributed by atoms with E-state index < -0.39 is 0 Å². The average molecular weight is 246 g/mol. The summed E-state index contributed by atoms with van der Waals surface area (Å²) in [4.78, 5) is 2.52. The standard InChI is InChI=1S/C15H22N2O/c1-2-17-10-4-6-13(17)11-18-14-7-3-5-12-8-9-16-15(12)14/h3,5,7,13,16H,2,4,6,8-11H2,1H3. The monoisotopic (exact) mass is 246 g/mol. The molecule has 2 heterocycles. The van der Waals surface area contributed by atoms with E-state index in [-0.39, 0.29) is 0 Å². The molecule has 1 unspecified atom stereocenters. The van der Waals surface area contributed by atoms with Gasteiger partial charge in [-0.1, -0.05) is 19.1 Å². The topological polar surface area (TPSA) is 24.5 Å². The third-order valence-electron chi connectivity index (χ3n) is 4.15. The number of anilines is 1. The number of para-hydroxylation sites is 1.